The molecule has 17 heavy (non-hydrogen) atoms. The van der Waals surface area contributed by atoms with Crippen molar-refractivity contribution in [3.05, 3.63) is 0 Å². The molecule has 3 atom stereocenters. The summed E-state index contributed by atoms with van der Waals surface area (Å²) in [6.45, 7) is 2.37. The number of hydrogen-bond donors (Lipinski definition) is 2. The second-order valence-electron chi connectivity index (χ2n) is 6.25. The van der Waals surface area contributed by atoms with E-state index >= 15 is 0 Å². The van der Waals surface area contributed by atoms with E-state index in [4.69, 9.17) is 10.6 Å². The first-order valence-corrected chi connectivity index (χ1v) is 7.20. The van der Waals surface area contributed by atoms with E-state index in [0.717, 1.165) is 18.3 Å². The minimum atomic E-state index is 0.137. The summed E-state index contributed by atoms with van der Waals surface area (Å²) in [5, 5.41) is 0. The Morgan fingerprint density at radius 3 is 2.59 bits per heavy atom. The van der Waals surface area contributed by atoms with Gasteiger partial charge in [0, 0.05) is 13.2 Å². The summed E-state index contributed by atoms with van der Waals surface area (Å²) in [6.07, 6.45) is 10.2. The SMILES string of the molecule is COC1(CC(NN)C2CCCC(C)C2)CCC1. The highest BCUT2D eigenvalue weighted by atomic mass is 16.5. The highest BCUT2D eigenvalue weighted by Gasteiger charge is 2.41. The summed E-state index contributed by atoms with van der Waals surface area (Å²) in [6, 6.07) is 0.443. The van der Waals surface area contributed by atoms with Crippen LogP contribution in [0.3, 0.4) is 0 Å². The Bertz CT molecular complexity index is 235. The van der Waals surface area contributed by atoms with Crippen molar-refractivity contribution in [2.24, 2.45) is 17.7 Å². The van der Waals surface area contributed by atoms with E-state index in [1.54, 1.807) is 0 Å². The van der Waals surface area contributed by atoms with Crippen LogP contribution in [0.5, 0.6) is 0 Å². The zero-order valence-electron chi connectivity index (χ0n) is 11.4. The average Bonchev–Trinajstić information content (AvgIpc) is 2.29. The summed E-state index contributed by atoms with van der Waals surface area (Å²) < 4.78 is 5.73. The molecule has 0 heterocycles. The maximum Gasteiger partial charge on any atom is 0.0694 e. The number of hydrogen-bond acceptors (Lipinski definition) is 3. The van der Waals surface area contributed by atoms with Gasteiger partial charge in [0.1, 0.15) is 0 Å². The molecule has 0 aromatic heterocycles. The zero-order valence-corrected chi connectivity index (χ0v) is 11.4. The van der Waals surface area contributed by atoms with Crippen LogP contribution in [0.4, 0.5) is 0 Å². The molecule has 2 rings (SSSR count). The van der Waals surface area contributed by atoms with Crippen LogP contribution in [-0.2, 0) is 4.74 Å². The largest absolute Gasteiger partial charge is 0.378 e. The van der Waals surface area contributed by atoms with Gasteiger partial charge in [0.2, 0.25) is 0 Å². The van der Waals surface area contributed by atoms with Crippen LogP contribution < -0.4 is 11.3 Å². The molecule has 2 saturated carbocycles. The van der Waals surface area contributed by atoms with E-state index in [9.17, 15) is 0 Å². The maximum atomic E-state index is 5.78. The molecule has 2 aliphatic carbocycles. The first-order chi connectivity index (χ1) is 8.19. The zero-order chi connectivity index (χ0) is 12.3. The minimum absolute atomic E-state index is 0.137. The van der Waals surface area contributed by atoms with Gasteiger partial charge in [0.25, 0.3) is 0 Å². The maximum absolute atomic E-state index is 5.78. The highest BCUT2D eigenvalue weighted by molar-refractivity contribution is 4.95. The van der Waals surface area contributed by atoms with Crippen molar-refractivity contribution >= 4 is 0 Å². The molecule has 2 fully saturated rings. The van der Waals surface area contributed by atoms with Crippen LogP contribution in [0.2, 0.25) is 0 Å². The average molecular weight is 240 g/mol. The van der Waals surface area contributed by atoms with Gasteiger partial charge < -0.3 is 4.74 Å². The van der Waals surface area contributed by atoms with E-state index in [-0.39, 0.29) is 5.60 Å². The first kappa shape index (κ1) is 13.3. The van der Waals surface area contributed by atoms with Gasteiger partial charge in [-0.25, -0.2) is 0 Å². The fourth-order valence-corrected chi connectivity index (χ4v) is 3.67. The van der Waals surface area contributed by atoms with Crippen LogP contribution in [0.25, 0.3) is 0 Å². The lowest BCUT2D eigenvalue weighted by Gasteiger charge is -2.45. The molecular formula is C14H28N2O. The van der Waals surface area contributed by atoms with Crippen molar-refractivity contribution in [1.29, 1.82) is 0 Å². The van der Waals surface area contributed by atoms with Crippen molar-refractivity contribution in [1.82, 2.24) is 5.43 Å². The Morgan fingerprint density at radius 2 is 2.12 bits per heavy atom. The second-order valence-corrected chi connectivity index (χ2v) is 6.25. The van der Waals surface area contributed by atoms with Crippen molar-refractivity contribution in [3.63, 3.8) is 0 Å². The molecule has 0 aliphatic heterocycles. The molecule has 0 aromatic carbocycles. The number of ether oxygens (including phenoxy) is 1. The van der Waals surface area contributed by atoms with Crippen LogP contribution >= 0.6 is 0 Å². The van der Waals surface area contributed by atoms with Gasteiger partial charge in [0.05, 0.1) is 5.60 Å². The van der Waals surface area contributed by atoms with E-state index < -0.39 is 0 Å². The lowest BCUT2D eigenvalue weighted by atomic mass is 9.70. The van der Waals surface area contributed by atoms with Crippen LogP contribution in [-0.4, -0.2) is 18.8 Å². The molecule has 3 heteroatoms. The monoisotopic (exact) mass is 240 g/mol. The molecule has 0 bridgehead atoms. The van der Waals surface area contributed by atoms with Gasteiger partial charge in [-0.3, -0.25) is 11.3 Å². The summed E-state index contributed by atoms with van der Waals surface area (Å²) >= 11 is 0. The lowest BCUT2D eigenvalue weighted by Crippen LogP contribution is -2.51. The summed E-state index contributed by atoms with van der Waals surface area (Å²) in [5.74, 6) is 7.40. The van der Waals surface area contributed by atoms with Crippen LogP contribution in [0.1, 0.15) is 58.3 Å². The molecule has 3 N–H and O–H groups in total. The molecule has 0 saturated heterocycles. The number of nitrogens with one attached hydrogen (secondary N) is 1. The normalized spacial score (nSPS) is 34.1. The van der Waals surface area contributed by atoms with Crippen LogP contribution in [0.15, 0.2) is 0 Å². The smallest absolute Gasteiger partial charge is 0.0694 e. The number of nitrogens with two attached hydrogens (primary N) is 1. The molecule has 0 radical (unpaired) electrons. The van der Waals surface area contributed by atoms with Crippen molar-refractivity contribution in [3.8, 4) is 0 Å². The van der Waals surface area contributed by atoms with Crippen molar-refractivity contribution < 1.29 is 4.74 Å². The number of hydrazine groups is 1. The molecule has 2 aliphatic rings. The molecule has 100 valence electrons. The fourth-order valence-electron chi connectivity index (χ4n) is 3.67. The van der Waals surface area contributed by atoms with Crippen LogP contribution in [0, 0.1) is 11.8 Å². The predicted octanol–water partition coefficient (Wildman–Crippen LogP) is 2.60. The Kier molecular flexibility index (Phi) is 4.45. The number of rotatable bonds is 5. The standard InChI is InChI=1S/C14H28N2O/c1-11-5-3-6-12(9-11)13(16-15)10-14(17-2)7-4-8-14/h11-13,16H,3-10,15H2,1-2H3. The Labute approximate surface area is 105 Å². The van der Waals surface area contributed by atoms with Gasteiger partial charge in [-0.1, -0.05) is 19.8 Å². The van der Waals surface area contributed by atoms with Gasteiger partial charge in [-0.05, 0) is 50.4 Å². The van der Waals surface area contributed by atoms with Gasteiger partial charge in [-0.15, -0.1) is 0 Å². The molecule has 0 amide bonds. The molecule has 3 nitrogen and oxygen atoms in total. The van der Waals surface area contributed by atoms with Gasteiger partial charge >= 0.3 is 0 Å². The first-order valence-electron chi connectivity index (χ1n) is 7.20. The quantitative estimate of drug-likeness (QED) is 0.573. The van der Waals surface area contributed by atoms with E-state index in [1.165, 1.54) is 44.9 Å². The summed E-state index contributed by atoms with van der Waals surface area (Å²) in [5.41, 5.74) is 3.21. The summed E-state index contributed by atoms with van der Waals surface area (Å²) in [7, 11) is 1.86. The topological polar surface area (TPSA) is 47.3 Å². The molecular weight excluding hydrogens is 212 g/mol. The molecule has 0 aromatic rings. The number of methoxy groups -OCH3 is 1. The Hall–Kier alpha value is -0.120. The Balaban J connectivity index is 1.91. The third kappa shape index (κ3) is 3.01. The van der Waals surface area contributed by atoms with E-state index in [1.807, 2.05) is 7.11 Å². The fraction of sp³-hybridized carbons (Fsp3) is 1.00. The minimum Gasteiger partial charge on any atom is -0.378 e. The molecule has 0 spiro atoms. The summed E-state index contributed by atoms with van der Waals surface area (Å²) in [4.78, 5) is 0. The van der Waals surface area contributed by atoms with Gasteiger partial charge in [0.15, 0.2) is 0 Å². The third-order valence-electron chi connectivity index (χ3n) is 5.05. The molecule has 3 unspecified atom stereocenters. The second kappa shape index (κ2) is 5.68. The van der Waals surface area contributed by atoms with E-state index in [2.05, 4.69) is 12.3 Å². The third-order valence-corrected chi connectivity index (χ3v) is 5.05. The van der Waals surface area contributed by atoms with E-state index in [0.29, 0.717) is 6.04 Å². The lowest BCUT2D eigenvalue weighted by molar-refractivity contribution is -0.0884. The Morgan fingerprint density at radius 1 is 1.35 bits per heavy atom. The highest BCUT2D eigenvalue weighted by Crippen LogP contribution is 2.41. The predicted molar refractivity (Wildman–Crippen MR) is 70.4 cm³/mol. The van der Waals surface area contributed by atoms with Gasteiger partial charge in [-0.2, -0.15) is 0 Å². The van der Waals surface area contributed by atoms with Crippen molar-refractivity contribution in [2.75, 3.05) is 7.11 Å². The van der Waals surface area contributed by atoms with Crippen molar-refractivity contribution in [2.45, 2.75) is 69.9 Å².